The van der Waals surface area contributed by atoms with E-state index in [9.17, 15) is 4.79 Å². The molecule has 0 radical (unpaired) electrons. The van der Waals surface area contributed by atoms with Gasteiger partial charge in [-0.1, -0.05) is 18.2 Å². The number of carbonyl (C=O) groups excluding carboxylic acids is 1. The van der Waals surface area contributed by atoms with Crippen LogP contribution in [0.3, 0.4) is 0 Å². The Labute approximate surface area is 148 Å². The predicted molar refractivity (Wildman–Crippen MR) is 97.0 cm³/mol. The number of methoxy groups -OCH3 is 1. The number of amides is 2. The van der Waals surface area contributed by atoms with Gasteiger partial charge in [0.2, 0.25) is 0 Å². The molecule has 1 aliphatic rings. The van der Waals surface area contributed by atoms with Gasteiger partial charge < -0.3 is 19.7 Å². The molecule has 25 heavy (non-hydrogen) atoms. The van der Waals surface area contributed by atoms with E-state index >= 15 is 0 Å². The number of carbonyl (C=O) groups is 1. The molecule has 2 aromatic carbocycles. The summed E-state index contributed by atoms with van der Waals surface area (Å²) in [5.41, 5.74) is 3.47. The monoisotopic (exact) mass is 340 g/mol. The third-order valence-electron chi connectivity index (χ3n) is 4.37. The number of ether oxygens (including phenoxy) is 2. The quantitative estimate of drug-likeness (QED) is 0.908. The number of hydrogen-bond donors (Lipinski definition) is 1. The number of nitrogens with one attached hydrogen (secondary N) is 1. The molecular formula is C20H24N2O3. The highest BCUT2D eigenvalue weighted by Crippen LogP contribution is 2.24. The molecule has 0 aromatic heterocycles. The SMILES string of the molecule is CCOc1ccc2c(c1)CN(C(=O)NCc1cccc(OC)c1)CC2. The van der Waals surface area contributed by atoms with E-state index in [4.69, 9.17) is 9.47 Å². The summed E-state index contributed by atoms with van der Waals surface area (Å²) in [6.45, 7) is 4.44. The van der Waals surface area contributed by atoms with E-state index in [2.05, 4.69) is 11.4 Å². The largest absolute Gasteiger partial charge is 0.497 e. The van der Waals surface area contributed by atoms with Crippen LogP contribution < -0.4 is 14.8 Å². The molecule has 1 N–H and O–H groups in total. The first-order chi connectivity index (χ1) is 12.2. The van der Waals surface area contributed by atoms with Crippen LogP contribution in [0.25, 0.3) is 0 Å². The van der Waals surface area contributed by atoms with E-state index < -0.39 is 0 Å². The molecule has 2 aromatic rings. The minimum Gasteiger partial charge on any atom is -0.497 e. The number of hydrogen-bond acceptors (Lipinski definition) is 3. The van der Waals surface area contributed by atoms with Gasteiger partial charge in [0.05, 0.1) is 13.7 Å². The summed E-state index contributed by atoms with van der Waals surface area (Å²) in [4.78, 5) is 14.3. The summed E-state index contributed by atoms with van der Waals surface area (Å²) in [6.07, 6.45) is 0.869. The second kappa shape index (κ2) is 7.92. The minimum absolute atomic E-state index is 0.0460. The predicted octanol–water partition coefficient (Wildman–Crippen LogP) is 3.36. The summed E-state index contributed by atoms with van der Waals surface area (Å²) >= 11 is 0. The van der Waals surface area contributed by atoms with Crippen LogP contribution in [-0.4, -0.2) is 31.2 Å². The van der Waals surface area contributed by atoms with E-state index in [1.807, 2.05) is 48.2 Å². The highest BCUT2D eigenvalue weighted by molar-refractivity contribution is 5.74. The second-order valence-corrected chi connectivity index (χ2v) is 6.05. The third kappa shape index (κ3) is 4.24. The van der Waals surface area contributed by atoms with Gasteiger partial charge in [-0.05, 0) is 54.3 Å². The lowest BCUT2D eigenvalue weighted by molar-refractivity contribution is 0.191. The molecule has 0 aliphatic carbocycles. The molecule has 0 fully saturated rings. The van der Waals surface area contributed by atoms with Crippen molar-refractivity contribution in [1.29, 1.82) is 0 Å². The van der Waals surface area contributed by atoms with Crippen molar-refractivity contribution in [3.8, 4) is 11.5 Å². The van der Waals surface area contributed by atoms with Crippen molar-refractivity contribution >= 4 is 6.03 Å². The molecule has 0 saturated carbocycles. The summed E-state index contributed by atoms with van der Waals surface area (Å²) in [6, 6.07) is 13.8. The standard InChI is InChI=1S/C20H24N2O3/c1-3-25-19-8-7-16-9-10-22(14-17(16)12-19)20(23)21-13-15-5-4-6-18(11-15)24-2/h4-8,11-12H,3,9-10,13-14H2,1-2H3,(H,21,23). The number of rotatable bonds is 5. The minimum atomic E-state index is -0.0460. The molecule has 5 nitrogen and oxygen atoms in total. The Morgan fingerprint density at radius 2 is 2.04 bits per heavy atom. The Kier molecular flexibility index (Phi) is 5.43. The zero-order chi connectivity index (χ0) is 17.6. The van der Waals surface area contributed by atoms with Gasteiger partial charge in [-0.2, -0.15) is 0 Å². The Bertz CT molecular complexity index is 745. The van der Waals surface area contributed by atoms with Gasteiger partial charge in [-0.15, -0.1) is 0 Å². The van der Waals surface area contributed by atoms with Crippen LogP contribution in [0.5, 0.6) is 11.5 Å². The Morgan fingerprint density at radius 3 is 2.84 bits per heavy atom. The fourth-order valence-electron chi connectivity index (χ4n) is 3.04. The summed E-state index contributed by atoms with van der Waals surface area (Å²) in [7, 11) is 1.64. The maximum absolute atomic E-state index is 12.5. The molecule has 1 aliphatic heterocycles. The lowest BCUT2D eigenvalue weighted by Gasteiger charge is -2.29. The molecule has 5 heteroatoms. The molecule has 1 heterocycles. The Morgan fingerprint density at radius 1 is 1.16 bits per heavy atom. The summed E-state index contributed by atoms with van der Waals surface area (Å²) in [5, 5.41) is 2.99. The van der Waals surface area contributed by atoms with E-state index in [0.717, 1.165) is 35.6 Å². The maximum Gasteiger partial charge on any atom is 0.317 e. The molecule has 2 amide bonds. The number of nitrogens with zero attached hydrogens (tertiary/aromatic N) is 1. The average Bonchev–Trinajstić information content (AvgIpc) is 2.66. The summed E-state index contributed by atoms with van der Waals surface area (Å²) in [5.74, 6) is 1.65. The van der Waals surface area contributed by atoms with Gasteiger partial charge in [-0.25, -0.2) is 4.79 Å². The van der Waals surface area contributed by atoms with Crippen molar-refractivity contribution in [2.24, 2.45) is 0 Å². The molecular weight excluding hydrogens is 316 g/mol. The van der Waals surface area contributed by atoms with Gasteiger partial charge in [-0.3, -0.25) is 0 Å². The van der Waals surface area contributed by atoms with Gasteiger partial charge in [0.1, 0.15) is 11.5 Å². The van der Waals surface area contributed by atoms with Crippen molar-refractivity contribution in [2.75, 3.05) is 20.3 Å². The fourth-order valence-corrected chi connectivity index (χ4v) is 3.04. The van der Waals surface area contributed by atoms with Crippen LogP contribution in [0, 0.1) is 0 Å². The van der Waals surface area contributed by atoms with Crippen molar-refractivity contribution in [2.45, 2.75) is 26.4 Å². The van der Waals surface area contributed by atoms with E-state index in [0.29, 0.717) is 19.7 Å². The molecule has 132 valence electrons. The topological polar surface area (TPSA) is 50.8 Å². The Balaban J connectivity index is 1.60. The molecule has 0 bridgehead atoms. The van der Waals surface area contributed by atoms with Crippen LogP contribution >= 0.6 is 0 Å². The lowest BCUT2D eigenvalue weighted by Crippen LogP contribution is -2.42. The highest BCUT2D eigenvalue weighted by atomic mass is 16.5. The maximum atomic E-state index is 12.5. The fraction of sp³-hybridized carbons (Fsp3) is 0.350. The van der Waals surface area contributed by atoms with Crippen LogP contribution in [0.1, 0.15) is 23.6 Å². The second-order valence-electron chi connectivity index (χ2n) is 6.05. The zero-order valence-corrected chi connectivity index (χ0v) is 14.7. The van der Waals surface area contributed by atoms with Crippen molar-refractivity contribution < 1.29 is 14.3 Å². The van der Waals surface area contributed by atoms with Crippen LogP contribution in [0.15, 0.2) is 42.5 Å². The molecule has 0 atom stereocenters. The van der Waals surface area contributed by atoms with Crippen LogP contribution in [-0.2, 0) is 19.5 Å². The van der Waals surface area contributed by atoms with Crippen molar-refractivity contribution in [1.82, 2.24) is 10.2 Å². The van der Waals surface area contributed by atoms with E-state index in [1.165, 1.54) is 5.56 Å². The lowest BCUT2D eigenvalue weighted by atomic mass is 10.00. The molecule has 0 spiro atoms. The summed E-state index contributed by atoms with van der Waals surface area (Å²) < 4.78 is 10.8. The van der Waals surface area contributed by atoms with Crippen LogP contribution in [0.4, 0.5) is 4.79 Å². The van der Waals surface area contributed by atoms with E-state index in [1.54, 1.807) is 7.11 Å². The molecule has 0 saturated heterocycles. The van der Waals surface area contributed by atoms with Crippen LogP contribution in [0.2, 0.25) is 0 Å². The first-order valence-corrected chi connectivity index (χ1v) is 8.60. The van der Waals surface area contributed by atoms with E-state index in [-0.39, 0.29) is 6.03 Å². The van der Waals surface area contributed by atoms with Gasteiger partial charge in [0, 0.05) is 19.6 Å². The average molecular weight is 340 g/mol. The van der Waals surface area contributed by atoms with Gasteiger partial charge in [0.15, 0.2) is 0 Å². The number of benzene rings is 2. The van der Waals surface area contributed by atoms with Gasteiger partial charge >= 0.3 is 6.03 Å². The smallest absolute Gasteiger partial charge is 0.317 e. The Hall–Kier alpha value is -2.69. The highest BCUT2D eigenvalue weighted by Gasteiger charge is 2.21. The van der Waals surface area contributed by atoms with Gasteiger partial charge in [0.25, 0.3) is 0 Å². The normalized spacial score (nSPS) is 13.1. The first-order valence-electron chi connectivity index (χ1n) is 8.60. The number of fused-ring (bicyclic) bond motifs is 1. The molecule has 3 rings (SSSR count). The number of urea groups is 1. The zero-order valence-electron chi connectivity index (χ0n) is 14.7. The molecule has 0 unspecified atom stereocenters. The first kappa shape index (κ1) is 17.1. The van der Waals surface area contributed by atoms with Crippen molar-refractivity contribution in [3.05, 3.63) is 59.2 Å². The third-order valence-corrected chi connectivity index (χ3v) is 4.37. The van der Waals surface area contributed by atoms with Crippen molar-refractivity contribution in [3.63, 3.8) is 0 Å².